The van der Waals surface area contributed by atoms with Crippen molar-refractivity contribution in [1.29, 1.82) is 0 Å². The van der Waals surface area contributed by atoms with Crippen LogP contribution >= 0.6 is 0 Å². The lowest BCUT2D eigenvalue weighted by Crippen LogP contribution is -2.39. The van der Waals surface area contributed by atoms with E-state index in [9.17, 15) is 15.3 Å². The summed E-state index contributed by atoms with van der Waals surface area (Å²) in [6.07, 6.45) is 20.5. The van der Waals surface area contributed by atoms with Crippen molar-refractivity contribution in [3.63, 3.8) is 0 Å². The molecule has 2 rings (SSSR count). The molecule has 3 nitrogen and oxygen atoms in total. The van der Waals surface area contributed by atoms with Crippen molar-refractivity contribution < 1.29 is 15.3 Å². The molecule has 3 heteroatoms. The Morgan fingerprint density at radius 1 is 0.674 bits per heavy atom. The average molecular weight is 581 g/mol. The van der Waals surface area contributed by atoms with E-state index < -0.39 is 12.2 Å². The highest BCUT2D eigenvalue weighted by Gasteiger charge is 2.37. The Balaban J connectivity index is 1.95. The molecule has 3 atom stereocenters. The van der Waals surface area contributed by atoms with Crippen molar-refractivity contribution >= 4 is 0 Å². The fourth-order valence-electron chi connectivity index (χ4n) is 5.67. The van der Waals surface area contributed by atoms with Crippen LogP contribution in [0.1, 0.15) is 88.5 Å². The van der Waals surface area contributed by atoms with Gasteiger partial charge in [-0.05, 0) is 77.5 Å². The second kappa shape index (κ2) is 15.9. The van der Waals surface area contributed by atoms with E-state index in [0.29, 0.717) is 12.8 Å². The zero-order valence-corrected chi connectivity index (χ0v) is 28.0. The smallest absolute Gasteiger partial charge is 0.102 e. The molecule has 0 bridgehead atoms. The lowest BCUT2D eigenvalue weighted by molar-refractivity contribution is 0.00721. The zero-order valence-electron chi connectivity index (χ0n) is 28.0. The Morgan fingerprint density at radius 3 is 1.63 bits per heavy atom. The molecule has 0 radical (unpaired) electrons. The maximum absolute atomic E-state index is 10.2. The number of aliphatic hydroxyl groups excluding tert-OH is 3. The summed E-state index contributed by atoms with van der Waals surface area (Å²) in [5.41, 5.74) is 7.87. The first-order valence-electron chi connectivity index (χ1n) is 15.2. The van der Waals surface area contributed by atoms with Crippen molar-refractivity contribution in [2.45, 2.75) is 107 Å². The van der Waals surface area contributed by atoms with Gasteiger partial charge in [-0.15, -0.1) is 0 Å². The van der Waals surface area contributed by atoms with Crippen LogP contribution in [-0.2, 0) is 0 Å². The van der Waals surface area contributed by atoms with Crippen LogP contribution in [0.2, 0.25) is 0 Å². The molecular weight excluding hydrogens is 528 g/mol. The van der Waals surface area contributed by atoms with Crippen molar-refractivity contribution in [2.24, 2.45) is 10.8 Å². The van der Waals surface area contributed by atoms with Crippen LogP contribution in [-0.4, -0.2) is 33.6 Å². The SMILES string of the molecule is CC1=C(C#C/C(C)=C/C=C/C(C)=C/C=C/C=C(C)/C=C/C=C(\C)C#CC2=C(C)[C@@H](O)[C@@H](O)CC2(C)C)C(C)(C)C[C@H](O)C1. The summed E-state index contributed by atoms with van der Waals surface area (Å²) < 4.78 is 0. The lowest BCUT2D eigenvalue weighted by Gasteiger charge is -2.37. The van der Waals surface area contributed by atoms with E-state index in [2.05, 4.69) is 90.4 Å². The molecule has 0 saturated heterocycles. The van der Waals surface area contributed by atoms with Crippen LogP contribution in [0.25, 0.3) is 0 Å². The minimum atomic E-state index is -0.845. The normalized spacial score (nSPS) is 25.4. The maximum Gasteiger partial charge on any atom is 0.102 e. The van der Waals surface area contributed by atoms with Crippen molar-refractivity contribution in [1.82, 2.24) is 0 Å². The number of hydrogen-bond acceptors (Lipinski definition) is 3. The molecule has 0 aromatic heterocycles. The number of hydrogen-bond donors (Lipinski definition) is 3. The van der Waals surface area contributed by atoms with Crippen LogP contribution in [0.5, 0.6) is 0 Å². The molecule has 0 aromatic rings. The first kappa shape index (κ1) is 35.9. The summed E-state index contributed by atoms with van der Waals surface area (Å²) in [5.74, 6) is 13.1. The highest BCUT2D eigenvalue weighted by molar-refractivity contribution is 5.47. The van der Waals surface area contributed by atoms with Gasteiger partial charge in [0.15, 0.2) is 0 Å². The van der Waals surface area contributed by atoms with Gasteiger partial charge in [0.1, 0.15) is 6.10 Å². The molecule has 43 heavy (non-hydrogen) atoms. The van der Waals surface area contributed by atoms with Gasteiger partial charge in [0.05, 0.1) is 12.2 Å². The standard InChI is InChI=1S/C40H52O3/c1-28(17-13-19-30(3)21-23-35-32(5)25-34(41)26-39(35,7)8)15-11-12-16-29(2)18-14-20-31(4)22-24-36-33(6)38(43)37(42)27-40(36,9)10/h11-20,34,37-38,41-43H,25-27H2,1-10H3/b12-11+,17-13+,18-14+,28-15+,29-16+,30-19+,31-20+/t34-,37+,38-/m1/s1. The molecule has 2 aliphatic carbocycles. The Labute approximate surface area is 261 Å². The maximum atomic E-state index is 10.2. The van der Waals surface area contributed by atoms with E-state index in [1.807, 2.05) is 63.3 Å². The third-order valence-corrected chi connectivity index (χ3v) is 8.00. The largest absolute Gasteiger partial charge is 0.393 e. The number of rotatable bonds is 6. The predicted molar refractivity (Wildman–Crippen MR) is 183 cm³/mol. The summed E-state index contributed by atoms with van der Waals surface area (Å²) in [5, 5.41) is 30.4. The Morgan fingerprint density at radius 2 is 1.14 bits per heavy atom. The molecule has 0 amide bonds. The molecule has 0 saturated carbocycles. The quantitative estimate of drug-likeness (QED) is 0.218. The van der Waals surface area contributed by atoms with E-state index in [1.165, 1.54) is 5.57 Å². The Hall–Kier alpha value is -3.34. The average Bonchev–Trinajstić information content (AvgIpc) is 2.88. The molecular formula is C40H52O3. The van der Waals surface area contributed by atoms with E-state index in [4.69, 9.17) is 0 Å². The lowest BCUT2D eigenvalue weighted by atomic mass is 9.71. The zero-order chi connectivity index (χ0) is 32.4. The van der Waals surface area contributed by atoms with Crippen LogP contribution in [0.3, 0.4) is 0 Å². The molecule has 0 unspecified atom stereocenters. The van der Waals surface area contributed by atoms with Crippen molar-refractivity contribution in [2.75, 3.05) is 0 Å². The van der Waals surface area contributed by atoms with Gasteiger partial charge in [-0.2, -0.15) is 0 Å². The molecule has 0 heterocycles. The summed E-state index contributed by atoms with van der Waals surface area (Å²) in [6, 6.07) is 0. The first-order chi connectivity index (χ1) is 20.0. The van der Waals surface area contributed by atoms with Crippen LogP contribution < -0.4 is 0 Å². The van der Waals surface area contributed by atoms with Gasteiger partial charge < -0.3 is 15.3 Å². The summed E-state index contributed by atoms with van der Waals surface area (Å²) in [7, 11) is 0. The van der Waals surface area contributed by atoms with Gasteiger partial charge >= 0.3 is 0 Å². The van der Waals surface area contributed by atoms with E-state index in [-0.39, 0.29) is 16.9 Å². The second-order valence-electron chi connectivity index (χ2n) is 13.4. The van der Waals surface area contributed by atoms with Crippen LogP contribution in [0, 0.1) is 34.5 Å². The summed E-state index contributed by atoms with van der Waals surface area (Å²) in [6.45, 7) is 20.5. The molecule has 230 valence electrons. The van der Waals surface area contributed by atoms with Gasteiger partial charge in [0.2, 0.25) is 0 Å². The van der Waals surface area contributed by atoms with Gasteiger partial charge in [-0.3, -0.25) is 0 Å². The fraction of sp³-hybridized carbons (Fsp3) is 0.450. The Bertz CT molecular complexity index is 1440. The highest BCUT2D eigenvalue weighted by atomic mass is 16.3. The minimum Gasteiger partial charge on any atom is -0.393 e. The molecule has 0 spiro atoms. The predicted octanol–water partition coefficient (Wildman–Crippen LogP) is 8.41. The molecule has 0 aromatic carbocycles. The third kappa shape index (κ3) is 11.3. The van der Waals surface area contributed by atoms with Crippen LogP contribution in [0.15, 0.2) is 105 Å². The van der Waals surface area contributed by atoms with Gasteiger partial charge in [0.25, 0.3) is 0 Å². The number of allylic oxidation sites excluding steroid dienone is 16. The third-order valence-electron chi connectivity index (χ3n) is 8.00. The van der Waals surface area contributed by atoms with Crippen molar-refractivity contribution in [3.8, 4) is 23.7 Å². The summed E-state index contributed by atoms with van der Waals surface area (Å²) in [4.78, 5) is 0. The fourth-order valence-corrected chi connectivity index (χ4v) is 5.67. The van der Waals surface area contributed by atoms with Crippen molar-refractivity contribution in [3.05, 3.63) is 105 Å². The molecule has 0 fully saturated rings. The van der Waals surface area contributed by atoms with Gasteiger partial charge in [0, 0.05) is 22.0 Å². The Kier molecular flexibility index (Phi) is 13.3. The second-order valence-corrected chi connectivity index (χ2v) is 13.4. The monoisotopic (exact) mass is 580 g/mol. The van der Waals surface area contributed by atoms with E-state index >= 15 is 0 Å². The summed E-state index contributed by atoms with van der Waals surface area (Å²) >= 11 is 0. The highest BCUT2D eigenvalue weighted by Crippen LogP contribution is 2.41. The van der Waals surface area contributed by atoms with Gasteiger partial charge in [-0.25, -0.2) is 0 Å². The molecule has 2 aliphatic rings. The molecule has 3 N–H and O–H groups in total. The topological polar surface area (TPSA) is 60.7 Å². The minimum absolute atomic E-state index is 0.0919. The molecule has 0 aliphatic heterocycles. The van der Waals surface area contributed by atoms with E-state index in [1.54, 1.807) is 0 Å². The van der Waals surface area contributed by atoms with Gasteiger partial charge in [-0.1, -0.05) is 129 Å². The van der Waals surface area contributed by atoms with Crippen LogP contribution in [0.4, 0.5) is 0 Å². The number of aliphatic hydroxyl groups is 3. The van der Waals surface area contributed by atoms with E-state index in [0.717, 1.165) is 45.4 Å². The first-order valence-corrected chi connectivity index (χ1v) is 15.2.